The number of nitrogens with zero attached hydrogens (tertiary/aromatic N) is 2. The highest BCUT2D eigenvalue weighted by Crippen LogP contribution is 2.29. The van der Waals surface area contributed by atoms with Crippen LogP contribution in [0.5, 0.6) is 11.5 Å². The number of nitrogens with two attached hydrogens (primary N) is 1. The van der Waals surface area contributed by atoms with E-state index >= 15 is 0 Å². The first-order chi connectivity index (χ1) is 12.0. The molecule has 0 spiro atoms. The van der Waals surface area contributed by atoms with Crippen molar-refractivity contribution in [1.82, 2.24) is 4.90 Å². The summed E-state index contributed by atoms with van der Waals surface area (Å²) in [6.45, 7) is 1.42. The van der Waals surface area contributed by atoms with E-state index in [1.54, 1.807) is 14.2 Å². The normalized spacial score (nSPS) is 11.5. The van der Waals surface area contributed by atoms with Gasteiger partial charge in [0.25, 0.3) is 0 Å². The third-order valence-corrected chi connectivity index (χ3v) is 3.58. The Hall–Kier alpha value is -2.73. The molecule has 0 unspecified atom stereocenters. The van der Waals surface area contributed by atoms with Crippen molar-refractivity contribution in [3.63, 3.8) is 0 Å². The van der Waals surface area contributed by atoms with Crippen LogP contribution in [-0.4, -0.2) is 39.2 Å². The summed E-state index contributed by atoms with van der Waals surface area (Å²) in [5, 5.41) is 3.07. The Morgan fingerprint density at radius 3 is 2.44 bits per heavy atom. The minimum Gasteiger partial charge on any atom is -0.493 e. The van der Waals surface area contributed by atoms with Gasteiger partial charge in [0.2, 0.25) is 0 Å². The van der Waals surface area contributed by atoms with Gasteiger partial charge < -0.3 is 25.4 Å². The maximum Gasteiger partial charge on any atom is 0.193 e. The zero-order valence-electron chi connectivity index (χ0n) is 15.2. The zero-order chi connectivity index (χ0) is 18.2. The van der Waals surface area contributed by atoms with Gasteiger partial charge in [-0.15, -0.1) is 0 Å². The summed E-state index contributed by atoms with van der Waals surface area (Å²) in [5.74, 6) is 1.66. The number of aliphatic imine (C=N–C) groups is 1. The molecule has 0 saturated carbocycles. The van der Waals surface area contributed by atoms with E-state index in [1.165, 1.54) is 5.56 Å². The summed E-state index contributed by atoms with van der Waals surface area (Å²) in [7, 11) is 7.30. The maximum absolute atomic E-state index is 5.99. The Labute approximate surface area is 149 Å². The van der Waals surface area contributed by atoms with Gasteiger partial charge >= 0.3 is 0 Å². The van der Waals surface area contributed by atoms with Gasteiger partial charge in [-0.1, -0.05) is 24.3 Å². The number of hydrogen-bond donors (Lipinski definition) is 2. The number of guanidine groups is 1. The van der Waals surface area contributed by atoms with Crippen molar-refractivity contribution >= 4 is 11.6 Å². The average Bonchev–Trinajstić information content (AvgIpc) is 2.59. The third kappa shape index (κ3) is 5.69. The molecule has 0 heterocycles. The van der Waals surface area contributed by atoms with Gasteiger partial charge in [-0.2, -0.15) is 0 Å². The van der Waals surface area contributed by atoms with Crippen LogP contribution in [-0.2, 0) is 13.1 Å². The van der Waals surface area contributed by atoms with E-state index in [1.807, 2.05) is 30.3 Å². The SMILES string of the molecule is COc1ccc(NC(N)=NCc2cccc(CN(C)C)c2)cc1OC. The minimum atomic E-state index is 0.352. The van der Waals surface area contributed by atoms with E-state index in [2.05, 4.69) is 41.4 Å². The van der Waals surface area contributed by atoms with Gasteiger partial charge in [-0.05, 0) is 37.4 Å². The smallest absolute Gasteiger partial charge is 0.193 e. The van der Waals surface area contributed by atoms with E-state index in [9.17, 15) is 0 Å². The van der Waals surface area contributed by atoms with E-state index in [-0.39, 0.29) is 0 Å². The molecule has 6 nitrogen and oxygen atoms in total. The summed E-state index contributed by atoms with van der Waals surface area (Å²) < 4.78 is 10.5. The van der Waals surface area contributed by atoms with Crippen molar-refractivity contribution < 1.29 is 9.47 Å². The van der Waals surface area contributed by atoms with Gasteiger partial charge in [-0.25, -0.2) is 4.99 Å². The quantitative estimate of drug-likeness (QED) is 0.598. The van der Waals surface area contributed by atoms with Crippen LogP contribution in [0.15, 0.2) is 47.5 Å². The number of nitrogens with one attached hydrogen (secondary N) is 1. The standard InChI is InChI=1S/C19H26N4O2/c1-23(2)13-15-7-5-6-14(10-15)12-21-19(20)22-16-8-9-17(24-3)18(11-16)25-4/h5-11H,12-13H2,1-4H3,(H3,20,21,22). The molecule has 0 amide bonds. The Balaban J connectivity index is 2.02. The molecule has 0 aliphatic heterocycles. The van der Waals surface area contributed by atoms with Crippen LogP contribution in [0, 0.1) is 0 Å². The molecular formula is C19H26N4O2. The largest absolute Gasteiger partial charge is 0.493 e. The first-order valence-corrected chi connectivity index (χ1v) is 8.03. The molecule has 0 atom stereocenters. The minimum absolute atomic E-state index is 0.352. The van der Waals surface area contributed by atoms with E-state index in [0.717, 1.165) is 17.8 Å². The monoisotopic (exact) mass is 342 g/mol. The van der Waals surface area contributed by atoms with Crippen molar-refractivity contribution in [3.05, 3.63) is 53.6 Å². The van der Waals surface area contributed by atoms with Crippen molar-refractivity contribution in [1.29, 1.82) is 0 Å². The van der Waals surface area contributed by atoms with Crippen LogP contribution in [0.2, 0.25) is 0 Å². The Kier molecular flexibility index (Phi) is 6.65. The first-order valence-electron chi connectivity index (χ1n) is 8.03. The van der Waals surface area contributed by atoms with Crippen LogP contribution >= 0.6 is 0 Å². The molecule has 2 aromatic carbocycles. The second kappa shape index (κ2) is 8.94. The predicted octanol–water partition coefficient (Wildman–Crippen LogP) is 2.69. The first kappa shape index (κ1) is 18.6. The lowest BCUT2D eigenvalue weighted by Gasteiger charge is -2.11. The van der Waals surface area contributed by atoms with Crippen molar-refractivity contribution in [2.75, 3.05) is 33.6 Å². The lowest BCUT2D eigenvalue weighted by atomic mass is 10.1. The molecule has 0 saturated heterocycles. The molecule has 2 aromatic rings. The second-order valence-electron chi connectivity index (χ2n) is 5.95. The van der Waals surface area contributed by atoms with Crippen LogP contribution in [0.1, 0.15) is 11.1 Å². The van der Waals surface area contributed by atoms with Crippen molar-refractivity contribution in [2.45, 2.75) is 13.1 Å². The van der Waals surface area contributed by atoms with E-state index in [0.29, 0.717) is 24.0 Å². The highest BCUT2D eigenvalue weighted by Gasteiger charge is 2.05. The summed E-state index contributed by atoms with van der Waals surface area (Å²) in [6, 6.07) is 13.8. The van der Waals surface area contributed by atoms with Gasteiger partial charge in [0.05, 0.1) is 20.8 Å². The number of hydrogen-bond acceptors (Lipinski definition) is 4. The highest BCUT2D eigenvalue weighted by molar-refractivity contribution is 5.92. The molecule has 0 aliphatic rings. The molecule has 0 radical (unpaired) electrons. The average molecular weight is 342 g/mol. The molecule has 0 aromatic heterocycles. The van der Waals surface area contributed by atoms with Crippen LogP contribution in [0.3, 0.4) is 0 Å². The highest BCUT2D eigenvalue weighted by atomic mass is 16.5. The molecule has 0 aliphatic carbocycles. The third-order valence-electron chi connectivity index (χ3n) is 3.58. The van der Waals surface area contributed by atoms with Crippen LogP contribution in [0.4, 0.5) is 5.69 Å². The van der Waals surface area contributed by atoms with Gasteiger partial charge in [0, 0.05) is 18.3 Å². The van der Waals surface area contributed by atoms with Crippen molar-refractivity contribution in [3.8, 4) is 11.5 Å². The molecule has 6 heteroatoms. The summed E-state index contributed by atoms with van der Waals surface area (Å²) in [6.07, 6.45) is 0. The molecular weight excluding hydrogens is 316 g/mol. The van der Waals surface area contributed by atoms with Gasteiger partial charge in [0.1, 0.15) is 0 Å². The molecule has 25 heavy (non-hydrogen) atoms. The molecule has 3 N–H and O–H groups in total. The lowest BCUT2D eigenvalue weighted by Crippen LogP contribution is -2.22. The molecule has 2 rings (SSSR count). The molecule has 0 fully saturated rings. The number of benzene rings is 2. The van der Waals surface area contributed by atoms with Crippen molar-refractivity contribution in [2.24, 2.45) is 10.7 Å². The Bertz CT molecular complexity index is 729. The summed E-state index contributed by atoms with van der Waals surface area (Å²) in [4.78, 5) is 6.54. The fourth-order valence-corrected chi connectivity index (χ4v) is 2.47. The Morgan fingerprint density at radius 2 is 1.76 bits per heavy atom. The maximum atomic E-state index is 5.99. The number of rotatable bonds is 7. The van der Waals surface area contributed by atoms with E-state index in [4.69, 9.17) is 15.2 Å². The van der Waals surface area contributed by atoms with Gasteiger partial charge in [0.15, 0.2) is 17.5 Å². The fraction of sp³-hybridized carbons (Fsp3) is 0.316. The second-order valence-corrected chi connectivity index (χ2v) is 5.95. The molecule has 134 valence electrons. The number of methoxy groups -OCH3 is 2. The topological polar surface area (TPSA) is 72.1 Å². The number of ether oxygens (including phenoxy) is 2. The zero-order valence-corrected chi connectivity index (χ0v) is 15.2. The number of anilines is 1. The van der Waals surface area contributed by atoms with Gasteiger partial charge in [-0.3, -0.25) is 0 Å². The van der Waals surface area contributed by atoms with Crippen LogP contribution in [0.25, 0.3) is 0 Å². The van der Waals surface area contributed by atoms with E-state index < -0.39 is 0 Å². The predicted molar refractivity (Wildman–Crippen MR) is 102 cm³/mol. The van der Waals surface area contributed by atoms with Crippen LogP contribution < -0.4 is 20.5 Å². The summed E-state index contributed by atoms with van der Waals surface area (Å²) in [5.41, 5.74) is 9.16. The summed E-state index contributed by atoms with van der Waals surface area (Å²) >= 11 is 0. The fourth-order valence-electron chi connectivity index (χ4n) is 2.47. The lowest BCUT2D eigenvalue weighted by molar-refractivity contribution is 0.355. The Morgan fingerprint density at radius 1 is 1.04 bits per heavy atom. The molecule has 0 bridgehead atoms.